The lowest BCUT2D eigenvalue weighted by Crippen LogP contribution is -2.24. The van der Waals surface area contributed by atoms with Crippen molar-refractivity contribution in [2.24, 2.45) is 0 Å². The highest BCUT2D eigenvalue weighted by atomic mass is 32.2. The predicted octanol–water partition coefficient (Wildman–Crippen LogP) is 2.97. The van der Waals surface area contributed by atoms with Gasteiger partial charge in [0.05, 0.1) is 22.8 Å². The SMILES string of the molecule is Cc1ccc(S(=O)(=O)NCc2ccn(-c3ccccc3)n2)c(C)c1. The summed E-state index contributed by atoms with van der Waals surface area (Å²) in [6.07, 6.45) is 1.82. The first-order valence-corrected chi connectivity index (χ1v) is 9.11. The zero-order valence-electron chi connectivity index (χ0n) is 13.6. The van der Waals surface area contributed by atoms with E-state index in [0.717, 1.165) is 16.8 Å². The number of aromatic nitrogens is 2. The molecule has 0 atom stereocenters. The van der Waals surface area contributed by atoms with Crippen LogP contribution in [0.3, 0.4) is 0 Å². The minimum atomic E-state index is -3.56. The number of hydrogen-bond acceptors (Lipinski definition) is 3. The van der Waals surface area contributed by atoms with E-state index in [0.29, 0.717) is 10.6 Å². The van der Waals surface area contributed by atoms with Crippen molar-refractivity contribution >= 4 is 10.0 Å². The third-order valence-electron chi connectivity index (χ3n) is 3.73. The maximum Gasteiger partial charge on any atom is 0.241 e. The molecule has 124 valence electrons. The van der Waals surface area contributed by atoms with Crippen LogP contribution in [0.15, 0.2) is 65.7 Å². The number of rotatable bonds is 5. The van der Waals surface area contributed by atoms with Gasteiger partial charge in [-0.15, -0.1) is 0 Å². The van der Waals surface area contributed by atoms with Crippen molar-refractivity contribution in [1.82, 2.24) is 14.5 Å². The summed E-state index contributed by atoms with van der Waals surface area (Å²) in [5.74, 6) is 0. The smallest absolute Gasteiger partial charge is 0.241 e. The average molecular weight is 341 g/mol. The van der Waals surface area contributed by atoms with Gasteiger partial charge in [0, 0.05) is 6.20 Å². The van der Waals surface area contributed by atoms with Crippen molar-refractivity contribution in [3.8, 4) is 5.69 Å². The number of aryl methyl sites for hydroxylation is 2. The molecule has 5 nitrogen and oxygen atoms in total. The van der Waals surface area contributed by atoms with Gasteiger partial charge in [-0.25, -0.2) is 17.8 Å². The van der Waals surface area contributed by atoms with Crippen LogP contribution in [0.4, 0.5) is 0 Å². The van der Waals surface area contributed by atoms with Crippen molar-refractivity contribution < 1.29 is 8.42 Å². The molecule has 0 saturated heterocycles. The molecule has 0 unspecified atom stereocenters. The fourth-order valence-electron chi connectivity index (χ4n) is 2.53. The largest absolute Gasteiger partial charge is 0.241 e. The van der Waals surface area contributed by atoms with Crippen molar-refractivity contribution in [2.45, 2.75) is 25.3 Å². The van der Waals surface area contributed by atoms with Gasteiger partial charge in [0.25, 0.3) is 0 Å². The molecule has 0 bridgehead atoms. The highest BCUT2D eigenvalue weighted by molar-refractivity contribution is 7.89. The van der Waals surface area contributed by atoms with Crippen LogP contribution < -0.4 is 4.72 Å². The van der Waals surface area contributed by atoms with Crippen LogP contribution in [-0.4, -0.2) is 18.2 Å². The van der Waals surface area contributed by atoms with E-state index in [1.54, 1.807) is 29.8 Å². The van der Waals surface area contributed by atoms with E-state index in [1.807, 2.05) is 49.5 Å². The second-order valence-electron chi connectivity index (χ2n) is 5.68. The molecule has 0 saturated carbocycles. The Morgan fingerprint density at radius 2 is 1.79 bits per heavy atom. The van der Waals surface area contributed by atoms with Gasteiger partial charge in [-0.3, -0.25) is 0 Å². The molecular weight excluding hydrogens is 322 g/mol. The Morgan fingerprint density at radius 3 is 2.50 bits per heavy atom. The summed E-state index contributed by atoms with van der Waals surface area (Å²) >= 11 is 0. The Bertz CT molecular complexity index is 947. The standard InChI is InChI=1S/C18H19N3O2S/c1-14-8-9-18(15(2)12-14)24(22,23)19-13-16-10-11-21(20-16)17-6-4-3-5-7-17/h3-12,19H,13H2,1-2H3. The van der Waals surface area contributed by atoms with Crippen molar-refractivity contribution in [2.75, 3.05) is 0 Å². The first-order valence-electron chi connectivity index (χ1n) is 7.62. The monoisotopic (exact) mass is 341 g/mol. The van der Waals surface area contributed by atoms with Gasteiger partial charge in [0.15, 0.2) is 0 Å². The second-order valence-corrected chi connectivity index (χ2v) is 7.42. The van der Waals surface area contributed by atoms with Crippen LogP contribution in [0.1, 0.15) is 16.8 Å². The molecule has 1 aromatic heterocycles. The topological polar surface area (TPSA) is 64.0 Å². The molecule has 0 spiro atoms. The first-order chi connectivity index (χ1) is 11.5. The lowest BCUT2D eigenvalue weighted by Gasteiger charge is -2.09. The van der Waals surface area contributed by atoms with Crippen LogP contribution in [-0.2, 0) is 16.6 Å². The Balaban J connectivity index is 1.75. The van der Waals surface area contributed by atoms with Crippen LogP contribution in [0, 0.1) is 13.8 Å². The first kappa shape index (κ1) is 16.4. The summed E-state index contributed by atoms with van der Waals surface area (Å²) in [4.78, 5) is 0.301. The number of sulfonamides is 1. The van der Waals surface area contributed by atoms with E-state index in [-0.39, 0.29) is 6.54 Å². The Labute approximate surface area is 142 Å². The number of benzene rings is 2. The fourth-order valence-corrected chi connectivity index (χ4v) is 3.75. The maximum atomic E-state index is 12.5. The molecule has 0 radical (unpaired) electrons. The lowest BCUT2D eigenvalue weighted by molar-refractivity contribution is 0.579. The molecule has 0 aliphatic carbocycles. The highest BCUT2D eigenvalue weighted by Gasteiger charge is 2.17. The zero-order chi connectivity index (χ0) is 17.2. The molecule has 3 aromatic rings. The number of para-hydroxylation sites is 1. The molecule has 0 aliphatic heterocycles. The third-order valence-corrected chi connectivity index (χ3v) is 5.29. The van der Waals surface area contributed by atoms with E-state index in [2.05, 4.69) is 9.82 Å². The van der Waals surface area contributed by atoms with Gasteiger partial charge in [0.1, 0.15) is 0 Å². The number of nitrogens with zero attached hydrogens (tertiary/aromatic N) is 2. The quantitative estimate of drug-likeness (QED) is 0.776. The Kier molecular flexibility index (Phi) is 4.51. The second kappa shape index (κ2) is 6.59. The van der Waals surface area contributed by atoms with Crippen molar-refractivity contribution in [3.05, 3.63) is 77.6 Å². The van der Waals surface area contributed by atoms with E-state index in [4.69, 9.17) is 0 Å². The van der Waals surface area contributed by atoms with Crippen LogP contribution >= 0.6 is 0 Å². The highest BCUT2D eigenvalue weighted by Crippen LogP contribution is 2.16. The summed E-state index contributed by atoms with van der Waals surface area (Å²) in [7, 11) is -3.56. The summed E-state index contributed by atoms with van der Waals surface area (Å²) in [5.41, 5.74) is 3.36. The maximum absolute atomic E-state index is 12.5. The fraction of sp³-hybridized carbons (Fsp3) is 0.167. The molecule has 0 amide bonds. The van der Waals surface area contributed by atoms with Gasteiger partial charge in [0.2, 0.25) is 10.0 Å². The molecular formula is C18H19N3O2S. The van der Waals surface area contributed by atoms with Gasteiger partial charge in [-0.2, -0.15) is 5.10 Å². The molecule has 2 aromatic carbocycles. The minimum absolute atomic E-state index is 0.148. The normalized spacial score (nSPS) is 11.6. The zero-order valence-corrected chi connectivity index (χ0v) is 14.4. The Morgan fingerprint density at radius 1 is 1.04 bits per heavy atom. The molecule has 3 rings (SSSR count). The van der Waals surface area contributed by atoms with E-state index in [1.165, 1.54) is 0 Å². The van der Waals surface area contributed by atoms with Gasteiger partial charge in [-0.1, -0.05) is 35.9 Å². The minimum Gasteiger partial charge on any atom is -0.241 e. The van der Waals surface area contributed by atoms with Gasteiger partial charge in [-0.05, 0) is 43.7 Å². The Hall–Kier alpha value is -2.44. The molecule has 0 aliphatic rings. The summed E-state index contributed by atoms with van der Waals surface area (Å²) < 4.78 is 29.3. The summed E-state index contributed by atoms with van der Waals surface area (Å²) in [5, 5.41) is 4.40. The van der Waals surface area contributed by atoms with Crippen LogP contribution in [0.25, 0.3) is 5.69 Å². The van der Waals surface area contributed by atoms with E-state index >= 15 is 0 Å². The number of hydrogen-bond donors (Lipinski definition) is 1. The molecule has 24 heavy (non-hydrogen) atoms. The van der Waals surface area contributed by atoms with Crippen LogP contribution in [0.5, 0.6) is 0 Å². The summed E-state index contributed by atoms with van der Waals surface area (Å²) in [6.45, 7) is 3.88. The van der Waals surface area contributed by atoms with Crippen LogP contribution in [0.2, 0.25) is 0 Å². The average Bonchev–Trinajstić information content (AvgIpc) is 3.02. The third kappa shape index (κ3) is 3.55. The summed E-state index contributed by atoms with van der Waals surface area (Å²) in [6, 6.07) is 16.8. The predicted molar refractivity (Wildman–Crippen MR) is 93.5 cm³/mol. The van der Waals surface area contributed by atoms with Crippen molar-refractivity contribution in [3.63, 3.8) is 0 Å². The lowest BCUT2D eigenvalue weighted by atomic mass is 10.2. The van der Waals surface area contributed by atoms with Crippen molar-refractivity contribution in [1.29, 1.82) is 0 Å². The molecule has 6 heteroatoms. The van der Waals surface area contributed by atoms with E-state index in [9.17, 15) is 8.42 Å². The molecule has 1 heterocycles. The van der Waals surface area contributed by atoms with Gasteiger partial charge >= 0.3 is 0 Å². The molecule has 1 N–H and O–H groups in total. The molecule has 0 fully saturated rings. The van der Waals surface area contributed by atoms with E-state index < -0.39 is 10.0 Å². The number of nitrogens with one attached hydrogen (secondary N) is 1. The van der Waals surface area contributed by atoms with Gasteiger partial charge < -0.3 is 0 Å².